The minimum Gasteiger partial charge on any atom is -0.493 e. The Balaban J connectivity index is 2.06. The number of para-hydroxylation sites is 1. The van der Waals surface area contributed by atoms with Gasteiger partial charge in [-0.25, -0.2) is 0 Å². The average Bonchev–Trinajstić information content (AvgIpc) is 2.89. The topological polar surface area (TPSA) is 54.0 Å². The van der Waals surface area contributed by atoms with Crippen LogP contribution in [0.15, 0.2) is 78.9 Å². The van der Waals surface area contributed by atoms with E-state index < -0.39 is 8.32 Å². The SMILES string of the molecule is COC(=O)CC(CCc1cccc(OC)c1OC)O[Si](c1ccccc1)(c1ccccc1)C(C)(C)C. The molecule has 0 aliphatic carbocycles. The summed E-state index contributed by atoms with van der Waals surface area (Å²) in [6.45, 7) is 6.71. The number of esters is 1. The highest BCUT2D eigenvalue weighted by atomic mass is 28.4. The van der Waals surface area contributed by atoms with E-state index in [1.807, 2.05) is 30.3 Å². The zero-order valence-electron chi connectivity index (χ0n) is 22.2. The third-order valence-electron chi connectivity index (χ3n) is 6.60. The molecule has 0 bridgehead atoms. The second-order valence-electron chi connectivity index (χ2n) is 9.87. The molecule has 6 heteroatoms. The van der Waals surface area contributed by atoms with Gasteiger partial charge in [-0.15, -0.1) is 0 Å². The molecule has 0 radical (unpaired) electrons. The maximum Gasteiger partial charge on any atom is 0.308 e. The summed E-state index contributed by atoms with van der Waals surface area (Å²) in [5.41, 5.74) is 1.01. The Hall–Kier alpha value is -3.09. The number of hydrogen-bond acceptors (Lipinski definition) is 5. The molecular formula is C30H38O5Si. The standard InChI is InChI=1S/C30H38O5Si/c1-30(2,3)36(25-15-9-7-10-16-25,26-17-11-8-12-18-26)35-24(22-28(31)33-5)21-20-23-14-13-19-27(32-4)29(23)34-6/h7-19,24H,20-22H2,1-6H3. The molecule has 1 unspecified atom stereocenters. The van der Waals surface area contributed by atoms with Crippen LogP contribution in [0.3, 0.4) is 0 Å². The van der Waals surface area contributed by atoms with Gasteiger partial charge in [0, 0.05) is 0 Å². The molecule has 5 nitrogen and oxygen atoms in total. The number of benzene rings is 3. The largest absolute Gasteiger partial charge is 0.493 e. The van der Waals surface area contributed by atoms with Crippen LogP contribution in [-0.4, -0.2) is 41.7 Å². The lowest BCUT2D eigenvalue weighted by molar-refractivity contribution is -0.142. The number of carbonyl (C=O) groups is 1. The van der Waals surface area contributed by atoms with Gasteiger partial charge in [0.15, 0.2) is 11.5 Å². The van der Waals surface area contributed by atoms with Crippen molar-refractivity contribution in [3.63, 3.8) is 0 Å². The van der Waals surface area contributed by atoms with Crippen LogP contribution in [0.4, 0.5) is 0 Å². The van der Waals surface area contributed by atoms with E-state index in [9.17, 15) is 4.79 Å². The van der Waals surface area contributed by atoms with Crippen LogP contribution < -0.4 is 19.8 Å². The summed E-state index contributed by atoms with van der Waals surface area (Å²) >= 11 is 0. The Bertz CT molecular complexity index is 1070. The Labute approximate surface area is 216 Å². The van der Waals surface area contributed by atoms with Gasteiger partial charge in [-0.3, -0.25) is 4.79 Å². The lowest BCUT2D eigenvalue weighted by Crippen LogP contribution is -2.67. The van der Waals surface area contributed by atoms with E-state index in [4.69, 9.17) is 18.6 Å². The summed E-state index contributed by atoms with van der Waals surface area (Å²) in [7, 11) is 1.87. The number of carbonyl (C=O) groups excluding carboxylic acids is 1. The number of hydrogen-bond donors (Lipinski definition) is 0. The Morgan fingerprint density at radius 2 is 1.39 bits per heavy atom. The summed E-state index contributed by atoms with van der Waals surface area (Å²) in [6.07, 6.45) is 1.12. The summed E-state index contributed by atoms with van der Waals surface area (Å²) in [6, 6.07) is 26.8. The van der Waals surface area contributed by atoms with Crippen molar-refractivity contribution in [2.75, 3.05) is 21.3 Å². The highest BCUT2D eigenvalue weighted by molar-refractivity contribution is 6.99. The molecular weight excluding hydrogens is 468 g/mol. The van der Waals surface area contributed by atoms with Gasteiger partial charge in [-0.1, -0.05) is 93.6 Å². The van der Waals surface area contributed by atoms with Crippen molar-refractivity contribution in [3.8, 4) is 11.5 Å². The number of rotatable bonds is 11. The van der Waals surface area contributed by atoms with Crippen LogP contribution in [0.1, 0.15) is 39.2 Å². The minimum atomic E-state index is -2.83. The first kappa shape index (κ1) is 27.5. The molecule has 0 saturated heterocycles. The zero-order valence-corrected chi connectivity index (χ0v) is 23.2. The quantitative estimate of drug-likeness (QED) is 0.266. The summed E-state index contributed by atoms with van der Waals surface area (Å²) in [5.74, 6) is 1.12. The molecule has 192 valence electrons. The molecule has 0 amide bonds. The Kier molecular flexibility index (Phi) is 9.35. The summed E-state index contributed by atoms with van der Waals surface area (Å²) in [5, 5.41) is 2.16. The molecule has 3 aromatic rings. The lowest BCUT2D eigenvalue weighted by atomic mass is 10.0. The van der Waals surface area contributed by atoms with E-state index in [0.717, 1.165) is 5.56 Å². The van der Waals surface area contributed by atoms with E-state index in [0.29, 0.717) is 24.3 Å². The van der Waals surface area contributed by atoms with E-state index >= 15 is 0 Å². The van der Waals surface area contributed by atoms with Crippen molar-refractivity contribution in [1.29, 1.82) is 0 Å². The third-order valence-corrected chi connectivity index (χ3v) is 11.7. The fourth-order valence-electron chi connectivity index (χ4n) is 4.88. The molecule has 0 saturated carbocycles. The van der Waals surface area contributed by atoms with Crippen LogP contribution >= 0.6 is 0 Å². The molecule has 3 aromatic carbocycles. The second-order valence-corrected chi connectivity index (χ2v) is 14.1. The smallest absolute Gasteiger partial charge is 0.308 e. The van der Waals surface area contributed by atoms with Gasteiger partial charge in [0.2, 0.25) is 0 Å². The van der Waals surface area contributed by atoms with Crippen molar-refractivity contribution < 1.29 is 23.4 Å². The average molecular weight is 507 g/mol. The summed E-state index contributed by atoms with van der Waals surface area (Å²) in [4.78, 5) is 12.5. The molecule has 3 rings (SSSR count). The van der Waals surface area contributed by atoms with Gasteiger partial charge in [0.25, 0.3) is 8.32 Å². The Morgan fingerprint density at radius 1 is 0.806 bits per heavy atom. The molecule has 0 aliphatic heterocycles. The first-order valence-corrected chi connectivity index (χ1v) is 14.2. The van der Waals surface area contributed by atoms with Crippen molar-refractivity contribution >= 4 is 24.7 Å². The van der Waals surface area contributed by atoms with Crippen LogP contribution in [0.2, 0.25) is 5.04 Å². The van der Waals surface area contributed by atoms with Crippen LogP contribution in [0.5, 0.6) is 11.5 Å². The summed E-state index contributed by atoms with van der Waals surface area (Å²) < 4.78 is 23.5. The van der Waals surface area contributed by atoms with Gasteiger partial charge < -0.3 is 18.6 Å². The van der Waals surface area contributed by atoms with Crippen molar-refractivity contribution in [2.24, 2.45) is 0 Å². The van der Waals surface area contributed by atoms with Gasteiger partial charge >= 0.3 is 5.97 Å². The van der Waals surface area contributed by atoms with E-state index in [1.165, 1.54) is 17.5 Å². The number of aryl methyl sites for hydroxylation is 1. The maximum absolute atomic E-state index is 12.5. The van der Waals surface area contributed by atoms with Crippen LogP contribution in [0, 0.1) is 0 Å². The van der Waals surface area contributed by atoms with Crippen LogP contribution in [0.25, 0.3) is 0 Å². The van der Waals surface area contributed by atoms with Crippen molar-refractivity contribution in [3.05, 3.63) is 84.4 Å². The van der Waals surface area contributed by atoms with Gasteiger partial charge in [-0.05, 0) is 39.9 Å². The minimum absolute atomic E-state index is 0.174. The highest BCUT2D eigenvalue weighted by Crippen LogP contribution is 2.39. The first-order chi connectivity index (χ1) is 17.3. The van der Waals surface area contributed by atoms with E-state index in [2.05, 4.69) is 69.3 Å². The third kappa shape index (κ3) is 5.99. The predicted molar refractivity (Wildman–Crippen MR) is 147 cm³/mol. The fraction of sp³-hybridized carbons (Fsp3) is 0.367. The second kappa shape index (κ2) is 12.2. The van der Waals surface area contributed by atoms with Gasteiger partial charge in [0.1, 0.15) is 0 Å². The molecule has 0 aliphatic rings. The van der Waals surface area contributed by atoms with E-state index in [1.54, 1.807) is 14.2 Å². The van der Waals surface area contributed by atoms with Crippen molar-refractivity contribution in [1.82, 2.24) is 0 Å². The normalized spacial score (nSPS) is 12.6. The number of methoxy groups -OCH3 is 3. The Morgan fingerprint density at radius 3 is 1.86 bits per heavy atom. The molecule has 0 N–H and O–H groups in total. The van der Waals surface area contributed by atoms with Crippen LogP contribution in [-0.2, 0) is 20.4 Å². The molecule has 0 aromatic heterocycles. The molecule has 0 fully saturated rings. The molecule has 36 heavy (non-hydrogen) atoms. The molecule has 0 spiro atoms. The molecule has 1 atom stereocenters. The first-order valence-electron chi connectivity index (χ1n) is 12.3. The molecule has 0 heterocycles. The van der Waals surface area contributed by atoms with E-state index in [-0.39, 0.29) is 23.5 Å². The van der Waals surface area contributed by atoms with Gasteiger partial charge in [-0.2, -0.15) is 0 Å². The fourth-order valence-corrected chi connectivity index (χ4v) is 9.60. The monoisotopic (exact) mass is 506 g/mol. The number of ether oxygens (including phenoxy) is 3. The maximum atomic E-state index is 12.5. The van der Waals surface area contributed by atoms with Crippen molar-refractivity contribution in [2.45, 2.75) is 51.2 Å². The highest BCUT2D eigenvalue weighted by Gasteiger charge is 2.51. The van der Waals surface area contributed by atoms with Gasteiger partial charge in [0.05, 0.1) is 33.9 Å². The predicted octanol–water partition coefficient (Wildman–Crippen LogP) is 5.14. The zero-order chi connectivity index (χ0) is 26.2. The lowest BCUT2D eigenvalue weighted by Gasteiger charge is -2.45.